The summed E-state index contributed by atoms with van der Waals surface area (Å²) in [5.74, 6) is -0.486. The Balaban J connectivity index is 2.17. The summed E-state index contributed by atoms with van der Waals surface area (Å²) >= 11 is 0. The van der Waals surface area contributed by atoms with E-state index in [4.69, 9.17) is 14.2 Å². The summed E-state index contributed by atoms with van der Waals surface area (Å²) in [6.45, 7) is 1.20. The summed E-state index contributed by atoms with van der Waals surface area (Å²) in [7, 11) is -3.92. The molecule has 0 aliphatic carbocycles. The van der Waals surface area contributed by atoms with Gasteiger partial charge in [0.05, 0.1) is 0 Å². The van der Waals surface area contributed by atoms with E-state index in [0.717, 1.165) is 0 Å². The normalized spacial score (nSPS) is 12.0. The molecule has 0 aliphatic heterocycles. The molecule has 2 rings (SSSR count). The molecule has 0 fully saturated rings. The molecule has 0 heterocycles. The molecule has 1 unspecified atom stereocenters. The van der Waals surface area contributed by atoms with Crippen molar-refractivity contribution in [3.8, 4) is 11.8 Å². The van der Waals surface area contributed by atoms with Gasteiger partial charge in [-0.3, -0.25) is 4.79 Å². The van der Waals surface area contributed by atoms with Gasteiger partial charge in [0.15, 0.2) is 0 Å². The lowest BCUT2D eigenvalue weighted by Crippen LogP contribution is -2.10. The van der Waals surface area contributed by atoms with Gasteiger partial charge in [0.25, 0.3) is 0 Å². The van der Waals surface area contributed by atoms with Crippen LogP contribution in [0.2, 0.25) is 0 Å². The number of esters is 1. The first kappa shape index (κ1) is 16.5. The van der Waals surface area contributed by atoms with Gasteiger partial charge in [-0.1, -0.05) is 30.3 Å². The third-order valence-electron chi connectivity index (χ3n) is 2.82. The number of nitrogens with zero attached hydrogens (tertiary/aromatic N) is 1. The second-order valence-electron chi connectivity index (χ2n) is 4.54. The molecule has 1 atom stereocenters. The number of ether oxygens (including phenoxy) is 1. The Morgan fingerprint density at radius 3 is 2.22 bits per heavy atom. The molecular weight excluding hydrogens is 318 g/mol. The SMILES string of the molecule is CC(=O)OC(C#N)c1ccc(OS(=O)(=O)c2ccccc2)cc1. The number of carbonyl (C=O) groups is 1. The van der Waals surface area contributed by atoms with E-state index < -0.39 is 22.2 Å². The molecule has 118 valence electrons. The summed E-state index contributed by atoms with van der Waals surface area (Å²) in [6, 6.07) is 15.3. The van der Waals surface area contributed by atoms with E-state index in [1.54, 1.807) is 18.2 Å². The lowest BCUT2D eigenvalue weighted by molar-refractivity contribution is -0.144. The molecular formula is C16H13NO5S. The van der Waals surface area contributed by atoms with Crippen LogP contribution in [0.4, 0.5) is 0 Å². The maximum absolute atomic E-state index is 12.1. The van der Waals surface area contributed by atoms with E-state index in [0.29, 0.717) is 5.56 Å². The topological polar surface area (TPSA) is 93.5 Å². The van der Waals surface area contributed by atoms with Crippen LogP contribution in [0.5, 0.6) is 5.75 Å². The zero-order chi connectivity index (χ0) is 16.9. The van der Waals surface area contributed by atoms with Gasteiger partial charge in [-0.05, 0) is 24.3 Å². The van der Waals surface area contributed by atoms with Crippen LogP contribution in [0.15, 0.2) is 59.5 Å². The Morgan fingerprint density at radius 1 is 1.09 bits per heavy atom. The Labute approximate surface area is 134 Å². The second kappa shape index (κ2) is 6.94. The highest BCUT2D eigenvalue weighted by Crippen LogP contribution is 2.23. The molecule has 0 N–H and O–H groups in total. The van der Waals surface area contributed by atoms with Crippen molar-refractivity contribution < 1.29 is 22.1 Å². The number of nitriles is 1. The number of hydrogen-bond acceptors (Lipinski definition) is 6. The lowest BCUT2D eigenvalue weighted by Gasteiger charge is -2.11. The van der Waals surface area contributed by atoms with E-state index in [2.05, 4.69) is 0 Å². The molecule has 0 aromatic heterocycles. The fraction of sp³-hybridized carbons (Fsp3) is 0.125. The molecule has 0 saturated heterocycles. The van der Waals surface area contributed by atoms with Crippen LogP contribution < -0.4 is 4.18 Å². The van der Waals surface area contributed by atoms with Crippen LogP contribution in [-0.4, -0.2) is 14.4 Å². The van der Waals surface area contributed by atoms with Gasteiger partial charge < -0.3 is 8.92 Å². The van der Waals surface area contributed by atoms with Crippen LogP contribution in [-0.2, 0) is 19.6 Å². The average Bonchev–Trinajstić information content (AvgIpc) is 2.54. The van der Waals surface area contributed by atoms with Crippen molar-refractivity contribution in [1.82, 2.24) is 0 Å². The number of carbonyl (C=O) groups excluding carboxylic acids is 1. The van der Waals surface area contributed by atoms with Gasteiger partial charge in [-0.15, -0.1) is 0 Å². The minimum atomic E-state index is -3.92. The van der Waals surface area contributed by atoms with Gasteiger partial charge in [0, 0.05) is 12.5 Å². The molecule has 2 aromatic carbocycles. The fourth-order valence-corrected chi connectivity index (χ4v) is 2.75. The molecule has 23 heavy (non-hydrogen) atoms. The van der Waals surface area contributed by atoms with Gasteiger partial charge in [0.2, 0.25) is 6.10 Å². The zero-order valence-corrected chi connectivity index (χ0v) is 13.0. The van der Waals surface area contributed by atoms with Gasteiger partial charge in [-0.2, -0.15) is 13.7 Å². The minimum Gasteiger partial charge on any atom is -0.442 e. The van der Waals surface area contributed by atoms with Crippen molar-refractivity contribution in [2.75, 3.05) is 0 Å². The predicted molar refractivity (Wildman–Crippen MR) is 80.8 cm³/mol. The van der Waals surface area contributed by atoms with Gasteiger partial charge >= 0.3 is 16.1 Å². The quantitative estimate of drug-likeness (QED) is 0.617. The highest BCUT2D eigenvalue weighted by atomic mass is 32.2. The van der Waals surface area contributed by atoms with Gasteiger partial charge in [0.1, 0.15) is 16.7 Å². The highest BCUT2D eigenvalue weighted by molar-refractivity contribution is 7.87. The van der Waals surface area contributed by atoms with E-state index in [9.17, 15) is 13.2 Å². The summed E-state index contributed by atoms with van der Waals surface area (Å²) < 4.78 is 34.0. The van der Waals surface area contributed by atoms with Crippen molar-refractivity contribution in [1.29, 1.82) is 5.26 Å². The van der Waals surface area contributed by atoms with E-state index >= 15 is 0 Å². The first-order valence-electron chi connectivity index (χ1n) is 6.59. The van der Waals surface area contributed by atoms with Crippen molar-refractivity contribution in [2.24, 2.45) is 0 Å². The maximum atomic E-state index is 12.1. The highest BCUT2D eigenvalue weighted by Gasteiger charge is 2.17. The molecule has 0 radical (unpaired) electrons. The largest absolute Gasteiger partial charge is 0.442 e. The monoisotopic (exact) mass is 331 g/mol. The second-order valence-corrected chi connectivity index (χ2v) is 6.08. The molecule has 0 amide bonds. The van der Waals surface area contributed by atoms with Crippen LogP contribution in [0.1, 0.15) is 18.6 Å². The van der Waals surface area contributed by atoms with E-state index in [1.807, 2.05) is 6.07 Å². The molecule has 0 spiro atoms. The molecule has 0 bridgehead atoms. The van der Waals surface area contributed by atoms with Crippen LogP contribution in [0, 0.1) is 11.3 Å². The summed E-state index contributed by atoms with van der Waals surface area (Å²) in [4.78, 5) is 11.0. The first-order valence-corrected chi connectivity index (χ1v) is 7.99. The fourth-order valence-electron chi connectivity index (χ4n) is 1.80. The van der Waals surface area contributed by atoms with Gasteiger partial charge in [-0.25, -0.2) is 0 Å². The van der Waals surface area contributed by atoms with E-state index in [-0.39, 0.29) is 10.6 Å². The van der Waals surface area contributed by atoms with Crippen molar-refractivity contribution in [3.63, 3.8) is 0 Å². The third-order valence-corrected chi connectivity index (χ3v) is 4.08. The van der Waals surface area contributed by atoms with Crippen molar-refractivity contribution in [2.45, 2.75) is 17.9 Å². The smallest absolute Gasteiger partial charge is 0.339 e. The molecule has 0 saturated carbocycles. The molecule has 6 nitrogen and oxygen atoms in total. The first-order chi connectivity index (χ1) is 10.9. The minimum absolute atomic E-state index is 0.0406. The summed E-state index contributed by atoms with van der Waals surface area (Å²) in [5.41, 5.74) is 0.423. The number of benzene rings is 2. The lowest BCUT2D eigenvalue weighted by atomic mass is 10.1. The summed E-state index contributed by atoms with van der Waals surface area (Å²) in [6.07, 6.45) is -1.05. The Kier molecular flexibility index (Phi) is 4.98. The molecule has 2 aromatic rings. The molecule has 7 heteroatoms. The predicted octanol–water partition coefficient (Wildman–Crippen LogP) is 2.58. The number of hydrogen-bond donors (Lipinski definition) is 0. The third kappa shape index (κ3) is 4.31. The Hall–Kier alpha value is -2.85. The molecule has 0 aliphatic rings. The average molecular weight is 331 g/mol. The van der Waals surface area contributed by atoms with Crippen LogP contribution in [0.3, 0.4) is 0 Å². The zero-order valence-electron chi connectivity index (χ0n) is 12.2. The number of rotatable bonds is 5. The van der Waals surface area contributed by atoms with Crippen molar-refractivity contribution in [3.05, 3.63) is 60.2 Å². The van der Waals surface area contributed by atoms with Crippen LogP contribution >= 0.6 is 0 Å². The standard InChI is InChI=1S/C16H13NO5S/c1-12(18)21-16(11-17)13-7-9-14(10-8-13)22-23(19,20)15-5-3-2-4-6-15/h2-10,16H,1H3. The maximum Gasteiger partial charge on any atom is 0.339 e. The summed E-state index contributed by atoms with van der Waals surface area (Å²) in [5, 5.41) is 8.98. The van der Waals surface area contributed by atoms with E-state index in [1.165, 1.54) is 43.3 Å². The Morgan fingerprint density at radius 2 is 1.70 bits per heavy atom. The Bertz CT molecular complexity index is 823. The van der Waals surface area contributed by atoms with Crippen LogP contribution in [0.25, 0.3) is 0 Å². The van der Waals surface area contributed by atoms with Crippen molar-refractivity contribution >= 4 is 16.1 Å².